The molecule has 4 heteroatoms. The average molecular weight is 295 g/mol. The largest absolute Gasteiger partial charge is 0.497 e. The molecule has 0 aliphatic rings. The number of carbonyl (C=O) groups excluding carboxylic acids is 1. The standard InChI is InChI=1S/C17H13NO2S/c1-20-14-9-5-8-13(10-14)16(19)15-11-21-17(18-15)12-6-3-2-4-7-12/h2-11H,1H3. The molecule has 0 aliphatic heterocycles. The molecule has 21 heavy (non-hydrogen) atoms. The average Bonchev–Trinajstić information content (AvgIpc) is 3.05. The van der Waals surface area contributed by atoms with E-state index in [4.69, 9.17) is 4.74 Å². The second-order valence-electron chi connectivity index (χ2n) is 4.47. The molecule has 3 aromatic rings. The molecule has 0 aliphatic carbocycles. The van der Waals surface area contributed by atoms with Crippen LogP contribution >= 0.6 is 11.3 Å². The molecule has 2 aromatic carbocycles. The molecule has 0 fully saturated rings. The highest BCUT2D eigenvalue weighted by Crippen LogP contribution is 2.25. The summed E-state index contributed by atoms with van der Waals surface area (Å²) in [5, 5.41) is 2.64. The van der Waals surface area contributed by atoms with Crippen molar-refractivity contribution in [2.75, 3.05) is 7.11 Å². The Bertz CT molecular complexity index is 765. The molecule has 0 unspecified atom stereocenters. The summed E-state index contributed by atoms with van der Waals surface area (Å²) in [4.78, 5) is 16.9. The molecule has 0 amide bonds. The van der Waals surface area contributed by atoms with Crippen LogP contribution in [0.3, 0.4) is 0 Å². The topological polar surface area (TPSA) is 39.2 Å². The number of benzene rings is 2. The van der Waals surface area contributed by atoms with Crippen LogP contribution in [0.4, 0.5) is 0 Å². The van der Waals surface area contributed by atoms with Gasteiger partial charge in [0.1, 0.15) is 16.5 Å². The lowest BCUT2D eigenvalue weighted by Crippen LogP contribution is -2.02. The smallest absolute Gasteiger partial charge is 0.212 e. The van der Waals surface area contributed by atoms with Crippen LogP contribution in [0.5, 0.6) is 5.75 Å². The number of nitrogens with zero attached hydrogens (tertiary/aromatic N) is 1. The molecule has 104 valence electrons. The number of rotatable bonds is 4. The lowest BCUT2D eigenvalue weighted by atomic mass is 10.1. The molecule has 0 bridgehead atoms. The minimum Gasteiger partial charge on any atom is -0.497 e. The quantitative estimate of drug-likeness (QED) is 0.682. The highest BCUT2D eigenvalue weighted by Gasteiger charge is 2.14. The molecule has 0 radical (unpaired) electrons. The minimum absolute atomic E-state index is 0.0904. The predicted octanol–water partition coefficient (Wildman–Crippen LogP) is 4.05. The summed E-state index contributed by atoms with van der Waals surface area (Å²) in [6.07, 6.45) is 0. The van der Waals surface area contributed by atoms with Gasteiger partial charge in [-0.15, -0.1) is 11.3 Å². The predicted molar refractivity (Wildman–Crippen MR) is 84.0 cm³/mol. The van der Waals surface area contributed by atoms with E-state index < -0.39 is 0 Å². The van der Waals surface area contributed by atoms with Crippen LogP contribution in [0.2, 0.25) is 0 Å². The first-order valence-electron chi connectivity index (χ1n) is 6.47. The number of hydrogen-bond donors (Lipinski definition) is 0. The summed E-state index contributed by atoms with van der Waals surface area (Å²) in [6.45, 7) is 0. The normalized spacial score (nSPS) is 10.3. The monoisotopic (exact) mass is 295 g/mol. The molecular weight excluding hydrogens is 282 g/mol. The van der Waals surface area contributed by atoms with Crippen LogP contribution in [-0.2, 0) is 0 Å². The summed E-state index contributed by atoms with van der Waals surface area (Å²) >= 11 is 1.47. The van der Waals surface area contributed by atoms with E-state index in [1.165, 1.54) is 11.3 Å². The fourth-order valence-corrected chi connectivity index (χ4v) is 2.81. The van der Waals surface area contributed by atoms with Gasteiger partial charge >= 0.3 is 0 Å². The zero-order valence-corrected chi connectivity index (χ0v) is 12.3. The van der Waals surface area contributed by atoms with Crippen molar-refractivity contribution in [1.29, 1.82) is 0 Å². The summed E-state index contributed by atoms with van der Waals surface area (Å²) < 4.78 is 5.15. The zero-order valence-electron chi connectivity index (χ0n) is 11.4. The summed E-state index contributed by atoms with van der Waals surface area (Å²) in [5.41, 5.74) is 2.07. The summed E-state index contributed by atoms with van der Waals surface area (Å²) in [7, 11) is 1.58. The molecule has 0 saturated carbocycles. The van der Waals surface area contributed by atoms with Crippen molar-refractivity contribution in [3.63, 3.8) is 0 Å². The van der Waals surface area contributed by atoms with Crippen molar-refractivity contribution < 1.29 is 9.53 Å². The fraction of sp³-hybridized carbons (Fsp3) is 0.0588. The second kappa shape index (κ2) is 5.89. The third-order valence-electron chi connectivity index (χ3n) is 3.09. The van der Waals surface area contributed by atoms with Gasteiger partial charge in [0.05, 0.1) is 7.11 Å². The van der Waals surface area contributed by atoms with Gasteiger partial charge in [-0.3, -0.25) is 4.79 Å². The molecule has 3 rings (SSSR count). The summed E-state index contributed by atoms with van der Waals surface area (Å²) in [5.74, 6) is 0.576. The highest BCUT2D eigenvalue weighted by atomic mass is 32.1. The van der Waals surface area contributed by atoms with Gasteiger partial charge in [0, 0.05) is 16.5 Å². The Labute approximate surface area is 126 Å². The van der Waals surface area contributed by atoms with Gasteiger partial charge in [0.15, 0.2) is 0 Å². The van der Waals surface area contributed by atoms with Crippen LogP contribution in [0.15, 0.2) is 60.0 Å². The lowest BCUT2D eigenvalue weighted by molar-refractivity contribution is 0.103. The maximum absolute atomic E-state index is 12.4. The van der Waals surface area contributed by atoms with Gasteiger partial charge in [-0.25, -0.2) is 4.98 Å². The van der Waals surface area contributed by atoms with E-state index >= 15 is 0 Å². The van der Waals surface area contributed by atoms with E-state index in [1.807, 2.05) is 36.4 Å². The van der Waals surface area contributed by atoms with E-state index in [0.717, 1.165) is 10.6 Å². The molecular formula is C17H13NO2S. The number of thiazole rings is 1. The highest BCUT2D eigenvalue weighted by molar-refractivity contribution is 7.13. The Hall–Kier alpha value is -2.46. The van der Waals surface area contributed by atoms with Gasteiger partial charge < -0.3 is 4.74 Å². The molecule has 3 nitrogen and oxygen atoms in total. The van der Waals surface area contributed by atoms with Crippen LogP contribution in [-0.4, -0.2) is 17.9 Å². The van der Waals surface area contributed by atoms with Gasteiger partial charge in [0.2, 0.25) is 5.78 Å². The maximum atomic E-state index is 12.4. The Morgan fingerprint density at radius 1 is 1.10 bits per heavy atom. The Morgan fingerprint density at radius 3 is 2.67 bits per heavy atom. The van der Waals surface area contributed by atoms with Crippen LogP contribution in [0.1, 0.15) is 16.1 Å². The fourth-order valence-electron chi connectivity index (χ4n) is 2.00. The Kier molecular flexibility index (Phi) is 3.79. The second-order valence-corrected chi connectivity index (χ2v) is 5.32. The first-order chi connectivity index (χ1) is 10.3. The van der Waals surface area contributed by atoms with Crippen molar-refractivity contribution in [3.8, 4) is 16.3 Å². The van der Waals surface area contributed by atoms with Crippen molar-refractivity contribution in [2.45, 2.75) is 0 Å². The lowest BCUT2D eigenvalue weighted by Gasteiger charge is -2.02. The van der Waals surface area contributed by atoms with E-state index in [1.54, 1.807) is 30.7 Å². The van der Waals surface area contributed by atoms with E-state index in [9.17, 15) is 4.79 Å². The van der Waals surface area contributed by atoms with Gasteiger partial charge in [-0.1, -0.05) is 42.5 Å². The Morgan fingerprint density at radius 2 is 1.90 bits per heavy atom. The van der Waals surface area contributed by atoms with Crippen molar-refractivity contribution in [1.82, 2.24) is 4.98 Å². The minimum atomic E-state index is -0.0904. The first kappa shape index (κ1) is 13.5. The van der Waals surface area contributed by atoms with Crippen LogP contribution in [0, 0.1) is 0 Å². The van der Waals surface area contributed by atoms with Crippen LogP contribution in [0.25, 0.3) is 10.6 Å². The molecule has 1 aromatic heterocycles. The number of carbonyl (C=O) groups is 1. The zero-order chi connectivity index (χ0) is 14.7. The molecule has 0 atom stereocenters. The first-order valence-corrected chi connectivity index (χ1v) is 7.35. The van der Waals surface area contributed by atoms with Gasteiger partial charge in [-0.05, 0) is 12.1 Å². The van der Waals surface area contributed by atoms with Crippen molar-refractivity contribution in [3.05, 3.63) is 71.2 Å². The number of methoxy groups -OCH3 is 1. The number of aromatic nitrogens is 1. The van der Waals surface area contributed by atoms with Gasteiger partial charge in [0.25, 0.3) is 0 Å². The van der Waals surface area contributed by atoms with Crippen LogP contribution < -0.4 is 4.74 Å². The molecule has 0 saturated heterocycles. The van der Waals surface area contributed by atoms with Gasteiger partial charge in [-0.2, -0.15) is 0 Å². The number of ether oxygens (including phenoxy) is 1. The van der Waals surface area contributed by atoms with E-state index in [-0.39, 0.29) is 5.78 Å². The number of hydrogen-bond acceptors (Lipinski definition) is 4. The maximum Gasteiger partial charge on any atom is 0.212 e. The third kappa shape index (κ3) is 2.85. The third-order valence-corrected chi connectivity index (χ3v) is 3.98. The van der Waals surface area contributed by atoms with E-state index in [2.05, 4.69) is 4.98 Å². The molecule has 0 N–H and O–H groups in total. The molecule has 1 heterocycles. The Balaban J connectivity index is 1.91. The number of ketones is 1. The molecule has 0 spiro atoms. The SMILES string of the molecule is COc1cccc(C(=O)c2csc(-c3ccccc3)n2)c1. The van der Waals surface area contributed by atoms with E-state index in [0.29, 0.717) is 17.0 Å². The van der Waals surface area contributed by atoms with Crippen molar-refractivity contribution in [2.24, 2.45) is 0 Å². The van der Waals surface area contributed by atoms with Crippen molar-refractivity contribution >= 4 is 17.1 Å². The summed E-state index contributed by atoms with van der Waals surface area (Å²) in [6, 6.07) is 17.0.